The molecule has 0 spiro atoms. The molecule has 1 aliphatic rings. The lowest BCUT2D eigenvalue weighted by atomic mass is 9.75. The third kappa shape index (κ3) is 3.57. The Morgan fingerprint density at radius 2 is 1.89 bits per heavy atom. The molecule has 104 valence electrons. The minimum absolute atomic E-state index is 0.0918. The minimum atomic E-state index is -0.0918. The largest absolute Gasteiger partial charge is 0.347 e. The van der Waals surface area contributed by atoms with E-state index in [1.165, 1.54) is 5.56 Å². The van der Waals surface area contributed by atoms with E-state index in [1.807, 2.05) is 6.92 Å². The van der Waals surface area contributed by atoms with Gasteiger partial charge >= 0.3 is 0 Å². The van der Waals surface area contributed by atoms with Crippen LogP contribution >= 0.6 is 15.9 Å². The van der Waals surface area contributed by atoms with Gasteiger partial charge in [-0.3, -0.25) is 4.79 Å². The van der Waals surface area contributed by atoms with Crippen molar-refractivity contribution in [1.29, 1.82) is 0 Å². The number of benzene rings is 1. The lowest BCUT2D eigenvalue weighted by Crippen LogP contribution is -2.50. The maximum Gasteiger partial charge on any atom is 0.238 e. The average Bonchev–Trinajstić information content (AvgIpc) is 2.33. The molecule has 1 unspecified atom stereocenters. The third-order valence-electron chi connectivity index (χ3n) is 3.78. The molecule has 1 atom stereocenters. The van der Waals surface area contributed by atoms with E-state index in [9.17, 15) is 4.79 Å². The van der Waals surface area contributed by atoms with Crippen LogP contribution in [0.3, 0.4) is 0 Å². The molecule has 0 radical (unpaired) electrons. The van der Waals surface area contributed by atoms with E-state index in [1.54, 1.807) is 19.0 Å². The minimum Gasteiger partial charge on any atom is -0.347 e. The molecule has 0 bridgehead atoms. The van der Waals surface area contributed by atoms with Gasteiger partial charge in [0.2, 0.25) is 5.91 Å². The van der Waals surface area contributed by atoms with E-state index in [2.05, 4.69) is 45.5 Å². The van der Waals surface area contributed by atoms with Crippen molar-refractivity contribution in [1.82, 2.24) is 10.2 Å². The van der Waals surface area contributed by atoms with E-state index in [4.69, 9.17) is 0 Å². The van der Waals surface area contributed by atoms with Gasteiger partial charge in [-0.15, -0.1) is 0 Å². The Labute approximate surface area is 123 Å². The van der Waals surface area contributed by atoms with Gasteiger partial charge in [-0.1, -0.05) is 28.1 Å². The molecule has 1 aromatic carbocycles. The van der Waals surface area contributed by atoms with Gasteiger partial charge in [0, 0.05) is 24.6 Å². The summed E-state index contributed by atoms with van der Waals surface area (Å²) in [6.07, 6.45) is 2.24. The second kappa shape index (κ2) is 6.06. The Hall–Kier alpha value is -0.870. The van der Waals surface area contributed by atoms with Crippen LogP contribution in [0.4, 0.5) is 0 Å². The van der Waals surface area contributed by atoms with Crippen molar-refractivity contribution in [2.45, 2.75) is 37.8 Å². The van der Waals surface area contributed by atoms with Gasteiger partial charge in [0.25, 0.3) is 0 Å². The van der Waals surface area contributed by atoms with Gasteiger partial charge in [0.1, 0.15) is 0 Å². The van der Waals surface area contributed by atoms with Crippen molar-refractivity contribution in [3.05, 3.63) is 34.3 Å². The number of amides is 1. The second-order valence-corrected chi connectivity index (χ2v) is 6.45. The zero-order valence-corrected chi connectivity index (χ0v) is 13.3. The number of rotatable bonds is 4. The van der Waals surface area contributed by atoms with Crippen molar-refractivity contribution < 1.29 is 4.79 Å². The standard InChI is InChI=1S/C15H21BrN2O/c1-10(15(19)18(2)3)17-14-8-12(9-14)11-4-6-13(16)7-5-11/h4-7,10,12,14,17H,8-9H2,1-3H3. The van der Waals surface area contributed by atoms with Crippen LogP contribution in [0.1, 0.15) is 31.2 Å². The van der Waals surface area contributed by atoms with Gasteiger partial charge in [0.15, 0.2) is 0 Å². The second-order valence-electron chi connectivity index (χ2n) is 5.54. The molecule has 19 heavy (non-hydrogen) atoms. The number of likely N-dealkylation sites (N-methyl/N-ethyl adjacent to an activating group) is 1. The number of halogens is 1. The molecule has 1 fully saturated rings. The summed E-state index contributed by atoms with van der Waals surface area (Å²) in [5.41, 5.74) is 1.40. The van der Waals surface area contributed by atoms with Crippen LogP contribution in [0.25, 0.3) is 0 Å². The van der Waals surface area contributed by atoms with Gasteiger partial charge in [0.05, 0.1) is 6.04 Å². The van der Waals surface area contributed by atoms with Crippen LogP contribution < -0.4 is 5.32 Å². The number of nitrogens with one attached hydrogen (secondary N) is 1. The molecule has 0 saturated heterocycles. The van der Waals surface area contributed by atoms with Crippen molar-refractivity contribution in [3.63, 3.8) is 0 Å². The Bertz CT molecular complexity index is 438. The van der Waals surface area contributed by atoms with Crippen LogP contribution in [0.5, 0.6) is 0 Å². The molecule has 1 saturated carbocycles. The van der Waals surface area contributed by atoms with Crippen LogP contribution in [0.15, 0.2) is 28.7 Å². The quantitative estimate of drug-likeness (QED) is 0.923. The number of hydrogen-bond donors (Lipinski definition) is 1. The highest BCUT2D eigenvalue weighted by atomic mass is 79.9. The van der Waals surface area contributed by atoms with E-state index in [0.717, 1.165) is 17.3 Å². The van der Waals surface area contributed by atoms with E-state index >= 15 is 0 Å². The predicted octanol–water partition coefficient (Wildman–Crippen LogP) is 2.76. The Morgan fingerprint density at radius 3 is 2.42 bits per heavy atom. The maximum atomic E-state index is 11.8. The number of carbonyl (C=O) groups excluding carboxylic acids is 1. The molecule has 2 rings (SSSR count). The molecule has 1 amide bonds. The zero-order valence-electron chi connectivity index (χ0n) is 11.7. The van der Waals surface area contributed by atoms with Gasteiger partial charge in [-0.05, 0) is 43.4 Å². The fraction of sp³-hybridized carbons (Fsp3) is 0.533. The lowest BCUT2D eigenvalue weighted by Gasteiger charge is -2.38. The fourth-order valence-electron chi connectivity index (χ4n) is 2.57. The number of nitrogens with zero attached hydrogens (tertiary/aromatic N) is 1. The monoisotopic (exact) mass is 324 g/mol. The highest BCUT2D eigenvalue weighted by Gasteiger charge is 2.32. The summed E-state index contributed by atoms with van der Waals surface area (Å²) < 4.78 is 1.12. The van der Waals surface area contributed by atoms with E-state index in [-0.39, 0.29) is 11.9 Å². The van der Waals surface area contributed by atoms with E-state index in [0.29, 0.717) is 12.0 Å². The first kappa shape index (κ1) is 14.5. The van der Waals surface area contributed by atoms with Gasteiger partial charge in [-0.2, -0.15) is 0 Å². The summed E-state index contributed by atoms with van der Waals surface area (Å²) in [6, 6.07) is 8.92. The Morgan fingerprint density at radius 1 is 1.32 bits per heavy atom. The van der Waals surface area contributed by atoms with Crippen molar-refractivity contribution >= 4 is 21.8 Å². The molecular weight excluding hydrogens is 304 g/mol. The summed E-state index contributed by atoms with van der Waals surface area (Å²) in [6.45, 7) is 1.94. The van der Waals surface area contributed by atoms with Crippen LogP contribution in [-0.4, -0.2) is 37.0 Å². The van der Waals surface area contributed by atoms with E-state index < -0.39 is 0 Å². The fourth-order valence-corrected chi connectivity index (χ4v) is 2.84. The molecule has 0 aromatic heterocycles. The topological polar surface area (TPSA) is 32.3 Å². The average molecular weight is 325 g/mol. The third-order valence-corrected chi connectivity index (χ3v) is 4.31. The molecule has 0 aliphatic heterocycles. The van der Waals surface area contributed by atoms with Crippen molar-refractivity contribution in [2.24, 2.45) is 0 Å². The summed E-state index contributed by atoms with van der Waals surface area (Å²) >= 11 is 3.45. The predicted molar refractivity (Wildman–Crippen MR) is 81.2 cm³/mol. The molecule has 3 nitrogen and oxygen atoms in total. The van der Waals surface area contributed by atoms with Crippen molar-refractivity contribution in [3.8, 4) is 0 Å². The van der Waals surface area contributed by atoms with Crippen LogP contribution in [-0.2, 0) is 4.79 Å². The summed E-state index contributed by atoms with van der Waals surface area (Å²) in [7, 11) is 3.60. The zero-order chi connectivity index (χ0) is 14.0. The molecule has 4 heteroatoms. The highest BCUT2D eigenvalue weighted by Crippen LogP contribution is 2.37. The summed E-state index contributed by atoms with van der Waals surface area (Å²) in [5.74, 6) is 0.777. The first-order valence-electron chi connectivity index (χ1n) is 6.70. The van der Waals surface area contributed by atoms with Crippen molar-refractivity contribution in [2.75, 3.05) is 14.1 Å². The van der Waals surface area contributed by atoms with Gasteiger partial charge in [-0.25, -0.2) is 0 Å². The molecule has 0 heterocycles. The van der Waals surface area contributed by atoms with Gasteiger partial charge < -0.3 is 10.2 Å². The molecule has 1 aliphatic carbocycles. The lowest BCUT2D eigenvalue weighted by molar-refractivity contribution is -0.130. The Balaban J connectivity index is 1.80. The first-order chi connectivity index (χ1) is 8.97. The van der Waals surface area contributed by atoms with Crippen LogP contribution in [0.2, 0.25) is 0 Å². The summed E-state index contributed by atoms with van der Waals surface area (Å²) in [4.78, 5) is 13.4. The smallest absolute Gasteiger partial charge is 0.238 e. The first-order valence-corrected chi connectivity index (χ1v) is 7.49. The molecule has 1 N–H and O–H groups in total. The maximum absolute atomic E-state index is 11.8. The molecular formula is C15H21BrN2O. The molecule has 1 aromatic rings. The Kier molecular flexibility index (Phi) is 4.63. The SMILES string of the molecule is CC(NC1CC(c2ccc(Br)cc2)C1)C(=O)N(C)C. The van der Waals surface area contributed by atoms with Crippen LogP contribution in [0, 0.1) is 0 Å². The summed E-state index contributed by atoms with van der Waals surface area (Å²) in [5, 5.41) is 3.41. The normalized spacial score (nSPS) is 23.6. The number of hydrogen-bond acceptors (Lipinski definition) is 2. The highest BCUT2D eigenvalue weighted by molar-refractivity contribution is 9.10. The number of carbonyl (C=O) groups is 1.